The maximum atomic E-state index is 11.9. The topological polar surface area (TPSA) is 65.5 Å². The summed E-state index contributed by atoms with van der Waals surface area (Å²) >= 11 is 12.0. The number of rotatable bonds is 5. The van der Waals surface area contributed by atoms with Gasteiger partial charge >= 0.3 is 0 Å². The highest BCUT2D eigenvalue weighted by molar-refractivity contribution is 6.35. The van der Waals surface area contributed by atoms with Crippen LogP contribution in [0.25, 0.3) is 0 Å². The first kappa shape index (κ1) is 18.1. The van der Waals surface area contributed by atoms with E-state index in [-0.39, 0.29) is 12.5 Å². The van der Waals surface area contributed by atoms with Crippen molar-refractivity contribution in [2.24, 2.45) is 4.99 Å². The molecule has 0 atom stereocenters. The predicted molar refractivity (Wildman–Crippen MR) is 99.7 cm³/mol. The minimum atomic E-state index is -0.159. The minimum Gasteiger partial charge on any atom is -0.352 e. The van der Waals surface area contributed by atoms with Gasteiger partial charge in [-0.05, 0) is 29.8 Å². The number of benzene rings is 2. The second-order valence-corrected chi connectivity index (χ2v) is 5.77. The number of halogens is 2. The zero-order valence-electron chi connectivity index (χ0n) is 13.1. The molecule has 3 N–H and O–H groups in total. The Morgan fingerprint density at radius 1 is 1.08 bits per heavy atom. The molecule has 0 heterocycles. The number of carbonyl (C=O) groups excluding carboxylic acids is 1. The lowest BCUT2D eigenvalue weighted by Crippen LogP contribution is -2.41. The summed E-state index contributed by atoms with van der Waals surface area (Å²) in [5.41, 5.74) is 1.64. The van der Waals surface area contributed by atoms with Gasteiger partial charge in [-0.1, -0.05) is 47.5 Å². The molecule has 0 saturated heterocycles. The van der Waals surface area contributed by atoms with Crippen LogP contribution in [0.3, 0.4) is 0 Å². The van der Waals surface area contributed by atoms with E-state index in [0.717, 1.165) is 11.3 Å². The molecular formula is C17H18Cl2N4O. The number of amides is 1. The first-order chi connectivity index (χ1) is 11.6. The number of hydrogen-bond donors (Lipinski definition) is 3. The summed E-state index contributed by atoms with van der Waals surface area (Å²) in [5, 5.41) is 10.00. The van der Waals surface area contributed by atoms with Crippen LogP contribution in [0.4, 0.5) is 5.69 Å². The molecule has 2 aromatic carbocycles. The molecular weight excluding hydrogens is 347 g/mol. The largest absolute Gasteiger partial charge is 0.352 e. The molecule has 1 amide bonds. The fraction of sp³-hybridized carbons (Fsp3) is 0.176. The van der Waals surface area contributed by atoms with E-state index in [2.05, 4.69) is 20.9 Å². The molecule has 5 nitrogen and oxygen atoms in total. The Labute approximate surface area is 151 Å². The van der Waals surface area contributed by atoms with Crippen molar-refractivity contribution in [1.29, 1.82) is 0 Å². The number of hydrogen-bond acceptors (Lipinski definition) is 2. The van der Waals surface area contributed by atoms with Gasteiger partial charge in [-0.2, -0.15) is 0 Å². The molecule has 0 aliphatic carbocycles. The van der Waals surface area contributed by atoms with Gasteiger partial charge in [-0.15, -0.1) is 0 Å². The van der Waals surface area contributed by atoms with Crippen molar-refractivity contribution in [2.75, 3.05) is 18.9 Å². The lowest BCUT2D eigenvalue weighted by Gasteiger charge is -2.13. The Hall–Kier alpha value is -2.24. The van der Waals surface area contributed by atoms with Gasteiger partial charge in [0.1, 0.15) is 0 Å². The summed E-state index contributed by atoms with van der Waals surface area (Å²) in [5.74, 6) is 0.345. The van der Waals surface area contributed by atoms with E-state index in [0.29, 0.717) is 22.5 Å². The second kappa shape index (κ2) is 9.15. The van der Waals surface area contributed by atoms with Crippen LogP contribution < -0.4 is 16.0 Å². The molecule has 0 unspecified atom stereocenters. The minimum absolute atomic E-state index is 0.100. The molecule has 0 fully saturated rings. The van der Waals surface area contributed by atoms with Gasteiger partial charge in [-0.25, -0.2) is 0 Å². The zero-order valence-corrected chi connectivity index (χ0v) is 14.7. The number of guanidine groups is 1. The molecule has 24 heavy (non-hydrogen) atoms. The van der Waals surface area contributed by atoms with Gasteiger partial charge in [0.2, 0.25) is 5.91 Å². The number of para-hydroxylation sites is 1. The number of carbonyl (C=O) groups is 1. The summed E-state index contributed by atoms with van der Waals surface area (Å²) in [6, 6.07) is 14.6. The van der Waals surface area contributed by atoms with Crippen LogP contribution in [0, 0.1) is 0 Å². The van der Waals surface area contributed by atoms with Gasteiger partial charge in [0, 0.05) is 29.3 Å². The summed E-state index contributed by atoms with van der Waals surface area (Å²) in [4.78, 5) is 16.0. The van der Waals surface area contributed by atoms with Crippen molar-refractivity contribution < 1.29 is 4.79 Å². The molecule has 0 bridgehead atoms. The summed E-state index contributed by atoms with van der Waals surface area (Å²) in [6.07, 6.45) is 0. The Morgan fingerprint density at radius 3 is 2.50 bits per heavy atom. The highest BCUT2D eigenvalue weighted by Crippen LogP contribution is 2.20. The van der Waals surface area contributed by atoms with E-state index in [1.807, 2.05) is 36.4 Å². The van der Waals surface area contributed by atoms with Crippen LogP contribution in [0.5, 0.6) is 0 Å². The third-order valence-corrected chi connectivity index (χ3v) is 3.75. The van der Waals surface area contributed by atoms with Crippen molar-refractivity contribution in [2.45, 2.75) is 6.54 Å². The quantitative estimate of drug-likeness (QED) is 0.563. The molecule has 0 aromatic heterocycles. The van der Waals surface area contributed by atoms with E-state index in [1.54, 1.807) is 19.2 Å². The third kappa shape index (κ3) is 5.76. The Balaban J connectivity index is 1.81. The van der Waals surface area contributed by atoms with Crippen molar-refractivity contribution >= 4 is 40.8 Å². The van der Waals surface area contributed by atoms with E-state index in [4.69, 9.17) is 23.2 Å². The zero-order chi connectivity index (χ0) is 17.4. The monoisotopic (exact) mass is 364 g/mol. The number of nitrogens with zero attached hydrogens (tertiary/aromatic N) is 1. The lowest BCUT2D eigenvalue weighted by atomic mass is 10.2. The molecule has 126 valence electrons. The number of anilines is 1. The van der Waals surface area contributed by atoms with Crippen molar-refractivity contribution in [1.82, 2.24) is 10.6 Å². The highest BCUT2D eigenvalue weighted by Gasteiger charge is 2.06. The second-order valence-electron chi connectivity index (χ2n) is 4.93. The molecule has 0 saturated carbocycles. The van der Waals surface area contributed by atoms with Crippen LogP contribution in [0.2, 0.25) is 10.0 Å². The van der Waals surface area contributed by atoms with Crippen LogP contribution in [0.1, 0.15) is 5.56 Å². The molecule has 7 heteroatoms. The maximum Gasteiger partial charge on any atom is 0.243 e. The van der Waals surface area contributed by atoms with Crippen LogP contribution in [0.15, 0.2) is 53.5 Å². The number of aliphatic imine (C=N–C) groups is 1. The van der Waals surface area contributed by atoms with E-state index in [9.17, 15) is 4.79 Å². The van der Waals surface area contributed by atoms with Crippen molar-refractivity contribution in [3.05, 3.63) is 64.1 Å². The fourth-order valence-electron chi connectivity index (χ4n) is 1.96. The summed E-state index contributed by atoms with van der Waals surface area (Å²) in [6.45, 7) is 0.568. The van der Waals surface area contributed by atoms with E-state index < -0.39 is 0 Å². The van der Waals surface area contributed by atoms with Crippen LogP contribution in [-0.2, 0) is 11.3 Å². The van der Waals surface area contributed by atoms with Gasteiger partial charge in [0.15, 0.2) is 5.96 Å². The smallest absolute Gasteiger partial charge is 0.243 e. The molecule has 2 rings (SSSR count). The normalized spacial score (nSPS) is 11.0. The predicted octanol–water partition coefficient (Wildman–Crippen LogP) is 3.30. The number of nitrogens with one attached hydrogen (secondary N) is 3. The highest BCUT2D eigenvalue weighted by atomic mass is 35.5. The molecule has 0 aliphatic heterocycles. The summed E-state index contributed by atoms with van der Waals surface area (Å²) < 4.78 is 0. The molecule has 0 radical (unpaired) electrons. The van der Waals surface area contributed by atoms with Crippen LogP contribution >= 0.6 is 23.2 Å². The van der Waals surface area contributed by atoms with Gasteiger partial charge in [0.25, 0.3) is 0 Å². The van der Waals surface area contributed by atoms with E-state index >= 15 is 0 Å². The van der Waals surface area contributed by atoms with Gasteiger partial charge in [-0.3, -0.25) is 9.79 Å². The average Bonchev–Trinajstić information content (AvgIpc) is 2.57. The van der Waals surface area contributed by atoms with Crippen LogP contribution in [-0.4, -0.2) is 25.5 Å². The average molecular weight is 365 g/mol. The van der Waals surface area contributed by atoms with Crippen molar-refractivity contribution in [3.63, 3.8) is 0 Å². The fourth-order valence-corrected chi connectivity index (χ4v) is 2.43. The SMILES string of the molecule is CN=C(NCC(=O)Nc1ccccc1)NCc1ccc(Cl)cc1Cl. The molecule has 0 aliphatic rings. The van der Waals surface area contributed by atoms with Crippen molar-refractivity contribution in [3.8, 4) is 0 Å². The Morgan fingerprint density at radius 2 is 1.83 bits per heavy atom. The third-order valence-electron chi connectivity index (χ3n) is 3.16. The molecule has 0 spiro atoms. The first-order valence-corrected chi connectivity index (χ1v) is 8.07. The van der Waals surface area contributed by atoms with Gasteiger partial charge in [0.05, 0.1) is 6.54 Å². The summed E-state index contributed by atoms with van der Waals surface area (Å²) in [7, 11) is 1.63. The first-order valence-electron chi connectivity index (χ1n) is 7.32. The standard InChI is InChI=1S/C17H18Cl2N4O/c1-20-17(21-10-12-7-8-13(18)9-15(12)19)22-11-16(24)23-14-5-3-2-4-6-14/h2-9H,10-11H2,1H3,(H,23,24)(H2,20,21,22). The molecule has 2 aromatic rings. The Bertz CT molecular complexity index is 720. The lowest BCUT2D eigenvalue weighted by molar-refractivity contribution is -0.115. The maximum absolute atomic E-state index is 11.9. The van der Waals surface area contributed by atoms with E-state index in [1.165, 1.54) is 0 Å². The van der Waals surface area contributed by atoms with Gasteiger partial charge < -0.3 is 16.0 Å². The Kier molecular flexibility index (Phi) is 6.90.